The predicted molar refractivity (Wildman–Crippen MR) is 75.8 cm³/mol. The molecule has 0 saturated heterocycles. The van der Waals surface area contributed by atoms with Crippen molar-refractivity contribution in [2.75, 3.05) is 0 Å². The molecule has 0 bridgehead atoms. The van der Waals surface area contributed by atoms with Crippen LogP contribution in [0.3, 0.4) is 0 Å². The van der Waals surface area contributed by atoms with Crippen LogP contribution in [0.4, 0.5) is 0 Å². The highest BCUT2D eigenvalue weighted by Gasteiger charge is 2.25. The molecule has 1 saturated carbocycles. The van der Waals surface area contributed by atoms with E-state index in [1.807, 2.05) is 24.3 Å². The lowest BCUT2D eigenvalue weighted by molar-refractivity contribution is 0.152. The molecule has 0 aromatic heterocycles. The van der Waals surface area contributed by atoms with Crippen LogP contribution in [0.2, 0.25) is 0 Å². The van der Waals surface area contributed by atoms with E-state index >= 15 is 0 Å². The normalized spacial score (nSPS) is 24.7. The molecule has 90 valence electrons. The summed E-state index contributed by atoms with van der Waals surface area (Å²) in [5.74, 6) is 0.944. The second kappa shape index (κ2) is 6.25. The lowest BCUT2D eigenvalue weighted by atomic mass is 9.99. The third-order valence-electron chi connectivity index (χ3n) is 3.20. The van der Waals surface area contributed by atoms with Crippen molar-refractivity contribution >= 4 is 22.6 Å². The highest BCUT2D eigenvalue weighted by atomic mass is 127. The Kier molecular flexibility index (Phi) is 4.66. The first kappa shape index (κ1) is 12.7. The van der Waals surface area contributed by atoms with Gasteiger partial charge >= 0.3 is 0 Å². The predicted octanol–water partition coefficient (Wildman–Crippen LogP) is 4.14. The molecule has 0 aliphatic heterocycles. The second-order valence-electron chi connectivity index (χ2n) is 4.49. The Bertz CT molecular complexity index is 413. The summed E-state index contributed by atoms with van der Waals surface area (Å²) in [6.07, 6.45) is 5.61. The maximum absolute atomic E-state index is 9.19. The topological polar surface area (TPSA) is 33.0 Å². The fourth-order valence-electron chi connectivity index (χ4n) is 2.28. The quantitative estimate of drug-likeness (QED) is 0.598. The van der Waals surface area contributed by atoms with Crippen molar-refractivity contribution < 1.29 is 4.74 Å². The summed E-state index contributed by atoms with van der Waals surface area (Å²) in [6.45, 7) is 0. The molecule has 2 rings (SSSR count). The van der Waals surface area contributed by atoms with E-state index in [-0.39, 0.29) is 12.0 Å². The van der Waals surface area contributed by atoms with Crippen LogP contribution in [0.5, 0.6) is 5.75 Å². The Morgan fingerprint density at radius 1 is 1.24 bits per heavy atom. The SMILES string of the molecule is N#CC1CCCCCC1Oc1cccc(I)c1. The minimum Gasteiger partial charge on any atom is -0.489 e. The number of hydrogen-bond acceptors (Lipinski definition) is 2. The zero-order chi connectivity index (χ0) is 12.1. The first-order valence-electron chi connectivity index (χ1n) is 6.11. The smallest absolute Gasteiger partial charge is 0.120 e. The van der Waals surface area contributed by atoms with Crippen molar-refractivity contribution in [1.29, 1.82) is 5.26 Å². The number of nitrogens with zero attached hydrogens (tertiary/aromatic N) is 1. The standard InChI is InChI=1S/C14H16INO/c15-12-6-4-7-13(9-12)17-14-8-3-1-2-5-11(14)10-16/h4,6-7,9,11,14H,1-3,5,8H2. The lowest BCUT2D eigenvalue weighted by Gasteiger charge is -2.21. The Hall–Kier alpha value is -0.760. The van der Waals surface area contributed by atoms with Gasteiger partial charge in [0.1, 0.15) is 11.9 Å². The molecule has 0 spiro atoms. The average molecular weight is 341 g/mol. The number of halogens is 1. The van der Waals surface area contributed by atoms with Gasteiger partial charge in [0.05, 0.1) is 12.0 Å². The molecule has 2 nitrogen and oxygen atoms in total. The van der Waals surface area contributed by atoms with E-state index in [9.17, 15) is 5.26 Å². The van der Waals surface area contributed by atoms with Crippen molar-refractivity contribution in [1.82, 2.24) is 0 Å². The highest BCUT2D eigenvalue weighted by Crippen LogP contribution is 2.27. The van der Waals surface area contributed by atoms with Crippen LogP contribution in [0.25, 0.3) is 0 Å². The van der Waals surface area contributed by atoms with Gasteiger partial charge in [-0.15, -0.1) is 0 Å². The molecule has 0 amide bonds. The molecule has 2 unspecified atom stereocenters. The van der Waals surface area contributed by atoms with E-state index in [4.69, 9.17) is 4.74 Å². The minimum absolute atomic E-state index is 0.0513. The molecule has 0 N–H and O–H groups in total. The number of nitriles is 1. The third kappa shape index (κ3) is 3.60. The van der Waals surface area contributed by atoms with Crippen molar-refractivity contribution in [3.8, 4) is 11.8 Å². The second-order valence-corrected chi connectivity index (χ2v) is 5.73. The fourth-order valence-corrected chi connectivity index (χ4v) is 2.79. The molecule has 0 radical (unpaired) electrons. The van der Waals surface area contributed by atoms with E-state index in [0.717, 1.165) is 25.0 Å². The molecule has 17 heavy (non-hydrogen) atoms. The molecule has 2 atom stereocenters. The lowest BCUT2D eigenvalue weighted by Crippen LogP contribution is -2.24. The summed E-state index contributed by atoms with van der Waals surface area (Å²) in [6, 6.07) is 10.4. The van der Waals surface area contributed by atoms with Gasteiger partial charge in [-0.1, -0.05) is 18.9 Å². The molecule has 3 heteroatoms. The van der Waals surface area contributed by atoms with E-state index in [1.165, 1.54) is 16.4 Å². The minimum atomic E-state index is 0.0513. The maximum Gasteiger partial charge on any atom is 0.120 e. The van der Waals surface area contributed by atoms with Gasteiger partial charge < -0.3 is 4.74 Å². The Labute approximate surface area is 116 Å². The van der Waals surface area contributed by atoms with Crippen LogP contribution < -0.4 is 4.74 Å². The number of rotatable bonds is 2. The fraction of sp³-hybridized carbons (Fsp3) is 0.500. The molecule has 0 heterocycles. The van der Waals surface area contributed by atoms with Crippen LogP contribution in [-0.4, -0.2) is 6.10 Å². The monoisotopic (exact) mass is 341 g/mol. The zero-order valence-electron chi connectivity index (χ0n) is 9.73. The molecule has 1 aromatic rings. The number of benzene rings is 1. The van der Waals surface area contributed by atoms with E-state index in [0.29, 0.717) is 0 Å². The molecular weight excluding hydrogens is 325 g/mol. The van der Waals surface area contributed by atoms with Crippen molar-refractivity contribution in [2.45, 2.75) is 38.2 Å². The van der Waals surface area contributed by atoms with Gasteiger partial charge in [0, 0.05) is 3.57 Å². The maximum atomic E-state index is 9.19. The Morgan fingerprint density at radius 2 is 2.06 bits per heavy atom. The van der Waals surface area contributed by atoms with Crippen LogP contribution in [0, 0.1) is 20.8 Å². The highest BCUT2D eigenvalue weighted by molar-refractivity contribution is 14.1. The van der Waals surface area contributed by atoms with E-state index in [2.05, 4.69) is 28.7 Å². The largest absolute Gasteiger partial charge is 0.489 e. The van der Waals surface area contributed by atoms with Gasteiger partial charge in [-0.3, -0.25) is 0 Å². The zero-order valence-corrected chi connectivity index (χ0v) is 11.9. The molecule has 1 aromatic carbocycles. The van der Waals surface area contributed by atoms with Crippen LogP contribution >= 0.6 is 22.6 Å². The van der Waals surface area contributed by atoms with Gasteiger partial charge in [-0.05, 0) is 60.1 Å². The van der Waals surface area contributed by atoms with Gasteiger partial charge in [0.15, 0.2) is 0 Å². The van der Waals surface area contributed by atoms with Crippen LogP contribution in [-0.2, 0) is 0 Å². The van der Waals surface area contributed by atoms with E-state index < -0.39 is 0 Å². The Balaban J connectivity index is 2.07. The first-order chi connectivity index (χ1) is 8.29. The molecule has 1 fully saturated rings. The average Bonchev–Trinajstić information content (AvgIpc) is 2.54. The van der Waals surface area contributed by atoms with Gasteiger partial charge in [0.25, 0.3) is 0 Å². The van der Waals surface area contributed by atoms with Crippen LogP contribution in [0.15, 0.2) is 24.3 Å². The summed E-state index contributed by atoms with van der Waals surface area (Å²) in [5.41, 5.74) is 0. The molecule has 1 aliphatic rings. The summed E-state index contributed by atoms with van der Waals surface area (Å²) in [7, 11) is 0. The van der Waals surface area contributed by atoms with E-state index in [1.54, 1.807) is 0 Å². The van der Waals surface area contributed by atoms with Crippen molar-refractivity contribution in [3.63, 3.8) is 0 Å². The summed E-state index contributed by atoms with van der Waals surface area (Å²) < 4.78 is 7.16. The van der Waals surface area contributed by atoms with Crippen molar-refractivity contribution in [2.24, 2.45) is 5.92 Å². The summed E-state index contributed by atoms with van der Waals surface area (Å²) >= 11 is 2.28. The van der Waals surface area contributed by atoms with Crippen molar-refractivity contribution in [3.05, 3.63) is 27.8 Å². The number of ether oxygens (including phenoxy) is 1. The first-order valence-corrected chi connectivity index (χ1v) is 7.19. The van der Waals surface area contributed by atoms with Gasteiger partial charge in [0.2, 0.25) is 0 Å². The summed E-state index contributed by atoms with van der Waals surface area (Å²) in [5, 5.41) is 9.19. The number of hydrogen-bond donors (Lipinski definition) is 0. The third-order valence-corrected chi connectivity index (χ3v) is 3.87. The molecular formula is C14H16INO. The van der Waals surface area contributed by atoms with Gasteiger partial charge in [-0.2, -0.15) is 5.26 Å². The van der Waals surface area contributed by atoms with Gasteiger partial charge in [-0.25, -0.2) is 0 Å². The van der Waals surface area contributed by atoms with Crippen LogP contribution in [0.1, 0.15) is 32.1 Å². The Morgan fingerprint density at radius 3 is 2.82 bits per heavy atom. The molecule has 1 aliphatic carbocycles. The summed E-state index contributed by atoms with van der Waals surface area (Å²) in [4.78, 5) is 0.